The molecule has 0 amide bonds. The summed E-state index contributed by atoms with van der Waals surface area (Å²) in [6, 6.07) is 11.8. The number of anilines is 1. The second-order valence-electron chi connectivity index (χ2n) is 8.09. The molecular formula is C23H27FN4S. The number of halogens is 1. The van der Waals surface area contributed by atoms with Crippen molar-refractivity contribution in [3.63, 3.8) is 0 Å². The molecule has 4 heterocycles. The van der Waals surface area contributed by atoms with Gasteiger partial charge in [-0.3, -0.25) is 9.98 Å². The Morgan fingerprint density at radius 1 is 1.14 bits per heavy atom. The molecule has 4 nitrogen and oxygen atoms in total. The largest absolute Gasteiger partial charge is 0.371 e. The Kier molecular flexibility index (Phi) is 5.20. The second-order valence-corrected chi connectivity index (χ2v) is 9.08. The van der Waals surface area contributed by atoms with Gasteiger partial charge in [-0.05, 0) is 49.9 Å². The number of amidine groups is 1. The molecule has 0 spiro atoms. The third-order valence-corrected chi connectivity index (χ3v) is 7.48. The number of benzene rings is 1. The molecule has 6 heteroatoms. The van der Waals surface area contributed by atoms with E-state index in [0.717, 1.165) is 47.4 Å². The van der Waals surface area contributed by atoms with Gasteiger partial charge in [0, 0.05) is 42.3 Å². The quantitative estimate of drug-likeness (QED) is 0.694. The molecule has 152 valence electrons. The highest BCUT2D eigenvalue weighted by Crippen LogP contribution is 2.49. The number of fused-ring (bicyclic) bond motifs is 1. The highest BCUT2D eigenvalue weighted by molar-refractivity contribution is 8.14. The topological polar surface area (TPSA) is 31.7 Å². The van der Waals surface area contributed by atoms with Gasteiger partial charge in [-0.25, -0.2) is 4.39 Å². The van der Waals surface area contributed by atoms with Gasteiger partial charge in [0.05, 0.1) is 11.7 Å². The molecule has 0 radical (unpaired) electrons. The molecule has 0 aliphatic carbocycles. The van der Waals surface area contributed by atoms with Crippen LogP contribution in [0.2, 0.25) is 0 Å². The van der Waals surface area contributed by atoms with Crippen LogP contribution >= 0.6 is 11.8 Å². The number of aliphatic imine (C=N–C) groups is 1. The van der Waals surface area contributed by atoms with Gasteiger partial charge in [-0.1, -0.05) is 30.8 Å². The third-order valence-electron chi connectivity index (χ3n) is 6.35. The van der Waals surface area contributed by atoms with Gasteiger partial charge < -0.3 is 9.80 Å². The Hall–Kier alpha value is -2.08. The van der Waals surface area contributed by atoms with E-state index >= 15 is 4.39 Å². The highest BCUT2D eigenvalue weighted by Gasteiger charge is 2.46. The summed E-state index contributed by atoms with van der Waals surface area (Å²) in [7, 11) is 0. The summed E-state index contributed by atoms with van der Waals surface area (Å²) in [5.41, 5.74) is 2.65. The molecule has 0 unspecified atom stereocenters. The van der Waals surface area contributed by atoms with Gasteiger partial charge in [0.15, 0.2) is 5.17 Å². The summed E-state index contributed by atoms with van der Waals surface area (Å²) in [6.07, 6.45) is 6.49. The van der Waals surface area contributed by atoms with Gasteiger partial charge in [-0.2, -0.15) is 0 Å². The number of piperidine rings is 1. The SMILES string of the molecule is CC[C@@H]1CSC2=N[C@H](c3ccccn3)[C@@H](c3ccc(N4CCCCC4)cc3F)N21. The monoisotopic (exact) mass is 410 g/mol. The number of rotatable bonds is 4. The second kappa shape index (κ2) is 7.98. The van der Waals surface area contributed by atoms with Crippen LogP contribution in [0, 0.1) is 5.82 Å². The van der Waals surface area contributed by atoms with Crippen molar-refractivity contribution in [2.75, 3.05) is 23.7 Å². The van der Waals surface area contributed by atoms with Crippen molar-refractivity contribution in [1.29, 1.82) is 0 Å². The number of nitrogens with zero attached hydrogens (tertiary/aromatic N) is 4. The van der Waals surface area contributed by atoms with Crippen LogP contribution in [-0.2, 0) is 0 Å². The minimum absolute atomic E-state index is 0.123. The Balaban J connectivity index is 1.52. The lowest BCUT2D eigenvalue weighted by Crippen LogP contribution is -2.36. The molecule has 0 bridgehead atoms. The first-order valence-corrected chi connectivity index (χ1v) is 11.7. The van der Waals surface area contributed by atoms with Crippen molar-refractivity contribution in [3.05, 3.63) is 59.7 Å². The number of thioether (sulfide) groups is 1. The average molecular weight is 411 g/mol. The molecule has 5 rings (SSSR count). The van der Waals surface area contributed by atoms with Gasteiger partial charge in [0.2, 0.25) is 0 Å². The van der Waals surface area contributed by atoms with E-state index in [1.165, 1.54) is 19.3 Å². The number of aromatic nitrogens is 1. The summed E-state index contributed by atoms with van der Waals surface area (Å²) < 4.78 is 15.5. The smallest absolute Gasteiger partial charge is 0.160 e. The fourth-order valence-electron chi connectivity index (χ4n) is 4.79. The third kappa shape index (κ3) is 3.41. The lowest BCUT2D eigenvalue weighted by Gasteiger charge is -2.33. The predicted octanol–water partition coefficient (Wildman–Crippen LogP) is 5.19. The Labute approximate surface area is 176 Å². The van der Waals surface area contributed by atoms with Crippen LogP contribution < -0.4 is 4.90 Å². The van der Waals surface area contributed by atoms with Crippen molar-refractivity contribution in [3.8, 4) is 0 Å². The van der Waals surface area contributed by atoms with Crippen LogP contribution in [0.4, 0.5) is 10.1 Å². The van der Waals surface area contributed by atoms with E-state index in [2.05, 4.69) is 27.8 Å². The normalized spacial score (nSPS) is 26.6. The van der Waals surface area contributed by atoms with Crippen LogP contribution in [0.3, 0.4) is 0 Å². The molecule has 3 atom stereocenters. The average Bonchev–Trinajstić information content (AvgIpc) is 3.34. The molecule has 0 N–H and O–H groups in total. The van der Waals surface area contributed by atoms with Crippen molar-refractivity contribution in [2.24, 2.45) is 4.99 Å². The maximum absolute atomic E-state index is 15.5. The zero-order valence-corrected chi connectivity index (χ0v) is 17.6. The zero-order valence-electron chi connectivity index (χ0n) is 16.8. The molecule has 2 saturated heterocycles. The lowest BCUT2D eigenvalue weighted by molar-refractivity contribution is 0.250. The number of hydrogen-bond acceptors (Lipinski definition) is 5. The summed E-state index contributed by atoms with van der Waals surface area (Å²) in [6.45, 7) is 4.24. The molecule has 2 fully saturated rings. The predicted molar refractivity (Wildman–Crippen MR) is 118 cm³/mol. The van der Waals surface area contributed by atoms with Crippen LogP contribution in [0.1, 0.15) is 55.9 Å². The standard InChI is InChI=1S/C23H27FN4S/c1-2-16-15-29-23-26-21(20-8-4-5-11-25-20)22(28(16)23)18-10-9-17(14-19(18)24)27-12-6-3-7-13-27/h4-5,8-11,14,16,21-22H,2-3,6-7,12-13,15H2,1H3/t16-,21-,22-/m1/s1. The lowest BCUT2D eigenvalue weighted by atomic mass is 9.94. The Morgan fingerprint density at radius 3 is 2.72 bits per heavy atom. The first-order chi connectivity index (χ1) is 14.3. The van der Waals surface area contributed by atoms with Crippen LogP contribution in [0.15, 0.2) is 47.6 Å². The molecule has 2 aromatic rings. The summed E-state index contributed by atoms with van der Waals surface area (Å²) in [5, 5.41) is 1.04. The van der Waals surface area contributed by atoms with E-state index in [1.54, 1.807) is 24.0 Å². The van der Waals surface area contributed by atoms with Gasteiger partial charge in [-0.15, -0.1) is 0 Å². The molecule has 3 aliphatic rings. The maximum Gasteiger partial charge on any atom is 0.160 e. The Bertz CT molecular complexity index is 897. The molecule has 1 aromatic heterocycles. The van der Waals surface area contributed by atoms with Gasteiger partial charge >= 0.3 is 0 Å². The fraction of sp³-hybridized carbons (Fsp3) is 0.478. The summed E-state index contributed by atoms with van der Waals surface area (Å²) in [4.78, 5) is 14.2. The van der Waals surface area contributed by atoms with E-state index in [9.17, 15) is 0 Å². The first-order valence-electron chi connectivity index (χ1n) is 10.7. The zero-order chi connectivity index (χ0) is 19.8. The van der Waals surface area contributed by atoms with Crippen molar-refractivity contribution >= 4 is 22.6 Å². The molecule has 1 aromatic carbocycles. The number of pyridine rings is 1. The minimum atomic E-state index is -0.164. The minimum Gasteiger partial charge on any atom is -0.371 e. The van der Waals surface area contributed by atoms with Crippen molar-refractivity contribution in [2.45, 2.75) is 50.7 Å². The maximum atomic E-state index is 15.5. The molecule has 29 heavy (non-hydrogen) atoms. The van der Waals surface area contributed by atoms with Crippen molar-refractivity contribution in [1.82, 2.24) is 9.88 Å². The van der Waals surface area contributed by atoms with E-state index in [1.807, 2.05) is 24.3 Å². The fourth-order valence-corrected chi connectivity index (χ4v) is 6.13. The molecular weight excluding hydrogens is 383 g/mol. The van der Waals surface area contributed by atoms with E-state index in [4.69, 9.17) is 4.99 Å². The van der Waals surface area contributed by atoms with Crippen molar-refractivity contribution < 1.29 is 4.39 Å². The van der Waals surface area contributed by atoms with Crippen LogP contribution in [-0.4, -0.2) is 39.9 Å². The number of hydrogen-bond donors (Lipinski definition) is 0. The molecule has 3 aliphatic heterocycles. The summed E-state index contributed by atoms with van der Waals surface area (Å²) in [5.74, 6) is 0.899. The van der Waals surface area contributed by atoms with Gasteiger partial charge in [0.1, 0.15) is 11.9 Å². The van der Waals surface area contributed by atoms with E-state index in [0.29, 0.717) is 6.04 Å². The van der Waals surface area contributed by atoms with E-state index < -0.39 is 0 Å². The van der Waals surface area contributed by atoms with Gasteiger partial charge in [0.25, 0.3) is 0 Å². The van der Waals surface area contributed by atoms with E-state index in [-0.39, 0.29) is 17.9 Å². The van der Waals surface area contributed by atoms with Crippen LogP contribution in [0.5, 0.6) is 0 Å². The molecule has 0 saturated carbocycles. The first kappa shape index (κ1) is 18.9. The van der Waals surface area contributed by atoms with Crippen LogP contribution in [0.25, 0.3) is 0 Å². The highest BCUT2D eigenvalue weighted by atomic mass is 32.2. The summed E-state index contributed by atoms with van der Waals surface area (Å²) >= 11 is 1.79. The Morgan fingerprint density at radius 2 is 2.00 bits per heavy atom.